The van der Waals surface area contributed by atoms with Crippen LogP contribution in [0.1, 0.15) is 6.92 Å². The lowest BCUT2D eigenvalue weighted by Gasteiger charge is -2.20. The third-order valence-corrected chi connectivity index (χ3v) is 2.29. The van der Waals surface area contributed by atoms with Crippen molar-refractivity contribution in [2.45, 2.75) is 19.2 Å². The second kappa shape index (κ2) is 3.22. The predicted molar refractivity (Wildman–Crippen MR) is 35.5 cm³/mol. The molecule has 12 heavy (non-hydrogen) atoms. The van der Waals surface area contributed by atoms with Crippen molar-refractivity contribution in [2.75, 3.05) is 13.2 Å². The molecule has 0 radical (unpaired) electrons. The number of aliphatic hydroxyl groups is 1. The zero-order valence-corrected chi connectivity index (χ0v) is 6.64. The molecule has 72 valence electrons. The fourth-order valence-electron chi connectivity index (χ4n) is 1.44. The van der Waals surface area contributed by atoms with E-state index in [9.17, 15) is 13.2 Å². The lowest BCUT2D eigenvalue weighted by atomic mass is 9.92. The lowest BCUT2D eigenvalue weighted by Crippen LogP contribution is -2.33. The second-order valence-electron chi connectivity index (χ2n) is 3.03. The summed E-state index contributed by atoms with van der Waals surface area (Å²) in [6.45, 7) is 0.758. The molecule has 0 amide bonds. The Morgan fingerprint density at radius 3 is 2.42 bits per heavy atom. The molecule has 5 heteroatoms. The maximum absolute atomic E-state index is 12.2. The number of rotatable bonds is 1. The Labute approximate surface area is 68.3 Å². The van der Waals surface area contributed by atoms with E-state index in [0.29, 0.717) is 0 Å². The molecule has 1 aliphatic rings. The molecule has 0 bridgehead atoms. The van der Waals surface area contributed by atoms with Gasteiger partial charge in [-0.25, -0.2) is 0 Å². The highest BCUT2D eigenvalue weighted by Gasteiger charge is 2.50. The molecule has 0 aliphatic carbocycles. The monoisotopic (exact) mass is 184 g/mol. The third kappa shape index (κ3) is 1.72. The molecule has 1 N–H and O–H groups in total. The van der Waals surface area contributed by atoms with E-state index in [4.69, 9.17) is 9.84 Å². The van der Waals surface area contributed by atoms with Gasteiger partial charge in [0.2, 0.25) is 0 Å². The number of aliphatic hydroxyl groups excluding tert-OH is 1. The Kier molecular flexibility index (Phi) is 2.63. The van der Waals surface area contributed by atoms with Gasteiger partial charge in [-0.1, -0.05) is 0 Å². The molecule has 1 aliphatic heterocycles. The van der Waals surface area contributed by atoms with Crippen LogP contribution in [0.25, 0.3) is 0 Å². The smallest absolute Gasteiger partial charge is 0.394 e. The van der Waals surface area contributed by atoms with Gasteiger partial charge in [0, 0.05) is 12.5 Å². The average molecular weight is 184 g/mol. The van der Waals surface area contributed by atoms with Crippen LogP contribution in [0.15, 0.2) is 0 Å². The van der Waals surface area contributed by atoms with E-state index in [1.807, 2.05) is 0 Å². The molecule has 0 aromatic heterocycles. The van der Waals surface area contributed by atoms with Gasteiger partial charge < -0.3 is 9.84 Å². The van der Waals surface area contributed by atoms with E-state index in [0.717, 1.165) is 0 Å². The first-order valence-corrected chi connectivity index (χ1v) is 3.76. The van der Waals surface area contributed by atoms with Crippen molar-refractivity contribution in [3.8, 4) is 0 Å². The maximum Gasteiger partial charge on any atom is 0.394 e. The molecule has 0 spiro atoms. The Hall–Kier alpha value is -0.290. The molecule has 3 unspecified atom stereocenters. The van der Waals surface area contributed by atoms with Gasteiger partial charge in [-0.3, -0.25) is 0 Å². The Morgan fingerprint density at radius 1 is 1.50 bits per heavy atom. The zero-order valence-electron chi connectivity index (χ0n) is 6.64. The summed E-state index contributed by atoms with van der Waals surface area (Å²) < 4.78 is 41.4. The van der Waals surface area contributed by atoms with Crippen LogP contribution >= 0.6 is 0 Å². The molecule has 0 aromatic carbocycles. The number of hydrogen-bond acceptors (Lipinski definition) is 2. The first kappa shape index (κ1) is 9.80. The summed E-state index contributed by atoms with van der Waals surface area (Å²) >= 11 is 0. The number of ether oxygens (including phenoxy) is 1. The summed E-state index contributed by atoms with van der Waals surface area (Å²) in [6, 6.07) is 0. The highest BCUT2D eigenvalue weighted by Crippen LogP contribution is 2.38. The first-order chi connectivity index (χ1) is 5.46. The van der Waals surface area contributed by atoms with Gasteiger partial charge in [-0.05, 0) is 6.92 Å². The van der Waals surface area contributed by atoms with Crippen molar-refractivity contribution in [3.63, 3.8) is 0 Å². The van der Waals surface area contributed by atoms with Crippen LogP contribution in [-0.2, 0) is 4.74 Å². The molecule has 3 atom stereocenters. The van der Waals surface area contributed by atoms with Crippen molar-refractivity contribution in [3.05, 3.63) is 0 Å². The number of alkyl halides is 3. The summed E-state index contributed by atoms with van der Waals surface area (Å²) in [7, 11) is 0. The van der Waals surface area contributed by atoms with Gasteiger partial charge in [-0.2, -0.15) is 13.2 Å². The van der Waals surface area contributed by atoms with Crippen LogP contribution in [0, 0.1) is 11.8 Å². The molecule has 1 fully saturated rings. The summed E-state index contributed by atoms with van der Waals surface area (Å²) in [6.07, 6.45) is -4.75. The van der Waals surface area contributed by atoms with Gasteiger partial charge in [0.1, 0.15) is 0 Å². The first-order valence-electron chi connectivity index (χ1n) is 3.76. The van der Waals surface area contributed by atoms with Crippen LogP contribution in [0.2, 0.25) is 0 Å². The van der Waals surface area contributed by atoms with Crippen LogP contribution in [-0.4, -0.2) is 30.6 Å². The van der Waals surface area contributed by atoms with E-state index in [1.165, 1.54) is 0 Å². The normalized spacial score (nSPS) is 37.2. The van der Waals surface area contributed by atoms with Crippen molar-refractivity contribution in [1.82, 2.24) is 0 Å². The SMILES string of the molecule is CC1OCC(C(F)(F)F)C1CO. The van der Waals surface area contributed by atoms with Gasteiger partial charge in [0.15, 0.2) is 0 Å². The van der Waals surface area contributed by atoms with Gasteiger partial charge >= 0.3 is 6.18 Å². The molecule has 0 aromatic rings. The molecular weight excluding hydrogens is 173 g/mol. The Morgan fingerprint density at radius 2 is 2.08 bits per heavy atom. The van der Waals surface area contributed by atoms with Crippen LogP contribution in [0.3, 0.4) is 0 Å². The van der Waals surface area contributed by atoms with E-state index in [2.05, 4.69) is 0 Å². The maximum atomic E-state index is 12.2. The van der Waals surface area contributed by atoms with Crippen LogP contribution in [0.5, 0.6) is 0 Å². The van der Waals surface area contributed by atoms with Crippen LogP contribution < -0.4 is 0 Å². The standard InChI is InChI=1S/C7H11F3O2/c1-4-5(2-11)6(3-12-4)7(8,9)10/h4-6,11H,2-3H2,1H3. The molecule has 1 rings (SSSR count). The summed E-state index contributed by atoms with van der Waals surface area (Å²) in [4.78, 5) is 0. The van der Waals surface area contributed by atoms with Crippen molar-refractivity contribution in [2.24, 2.45) is 11.8 Å². The van der Waals surface area contributed by atoms with E-state index in [-0.39, 0.29) is 6.61 Å². The highest BCUT2D eigenvalue weighted by molar-refractivity contribution is 4.85. The summed E-state index contributed by atoms with van der Waals surface area (Å²) in [5.74, 6) is -2.30. The number of hydrogen-bond donors (Lipinski definition) is 1. The molecular formula is C7H11F3O2. The molecule has 1 heterocycles. The van der Waals surface area contributed by atoms with Gasteiger partial charge in [0.05, 0.1) is 18.6 Å². The van der Waals surface area contributed by atoms with Gasteiger partial charge in [0.25, 0.3) is 0 Å². The minimum atomic E-state index is -4.25. The van der Waals surface area contributed by atoms with Crippen molar-refractivity contribution < 1.29 is 23.0 Å². The van der Waals surface area contributed by atoms with E-state index < -0.39 is 30.7 Å². The van der Waals surface area contributed by atoms with Crippen LogP contribution in [0.4, 0.5) is 13.2 Å². The molecule has 0 saturated carbocycles. The average Bonchev–Trinajstić information content (AvgIpc) is 2.29. The lowest BCUT2D eigenvalue weighted by molar-refractivity contribution is -0.185. The summed E-state index contributed by atoms with van der Waals surface area (Å²) in [5, 5.41) is 8.69. The largest absolute Gasteiger partial charge is 0.396 e. The Balaban J connectivity index is 2.67. The predicted octanol–water partition coefficient (Wildman–Crippen LogP) is 1.19. The minimum Gasteiger partial charge on any atom is -0.396 e. The highest BCUT2D eigenvalue weighted by atomic mass is 19.4. The second-order valence-corrected chi connectivity index (χ2v) is 3.03. The topological polar surface area (TPSA) is 29.5 Å². The molecule has 1 saturated heterocycles. The summed E-state index contributed by atoms with van der Waals surface area (Å²) in [5.41, 5.74) is 0. The zero-order chi connectivity index (χ0) is 9.35. The van der Waals surface area contributed by atoms with Gasteiger partial charge in [-0.15, -0.1) is 0 Å². The fraction of sp³-hybridized carbons (Fsp3) is 1.00. The molecule has 2 nitrogen and oxygen atoms in total. The fourth-order valence-corrected chi connectivity index (χ4v) is 1.44. The number of halogens is 3. The minimum absolute atomic E-state index is 0.324. The third-order valence-electron chi connectivity index (χ3n) is 2.29. The Bertz CT molecular complexity index is 157. The van der Waals surface area contributed by atoms with E-state index >= 15 is 0 Å². The quantitative estimate of drug-likeness (QED) is 0.663. The van der Waals surface area contributed by atoms with Crippen molar-refractivity contribution in [1.29, 1.82) is 0 Å². The van der Waals surface area contributed by atoms with E-state index in [1.54, 1.807) is 6.92 Å². The van der Waals surface area contributed by atoms with Crippen molar-refractivity contribution >= 4 is 0 Å².